The van der Waals surface area contributed by atoms with Gasteiger partial charge in [-0.05, 0) is 51.1 Å². The van der Waals surface area contributed by atoms with Crippen LogP contribution < -0.4 is 4.74 Å². The van der Waals surface area contributed by atoms with Crippen LogP contribution in [0.4, 0.5) is 0 Å². The molecule has 0 atom stereocenters. The predicted molar refractivity (Wildman–Crippen MR) is 101 cm³/mol. The normalized spacial score (nSPS) is 13.1. The molecule has 0 heterocycles. The third-order valence-corrected chi connectivity index (χ3v) is 4.50. The largest absolute Gasteiger partial charge is 0.497 e. The molecule has 0 fully saturated rings. The predicted octanol–water partition coefficient (Wildman–Crippen LogP) is 5.68. The molecule has 0 saturated carbocycles. The molecule has 24 heavy (non-hydrogen) atoms. The van der Waals surface area contributed by atoms with Crippen LogP contribution in [0.2, 0.25) is 0 Å². The summed E-state index contributed by atoms with van der Waals surface area (Å²) in [5.41, 5.74) is 8.24. The number of allylic oxidation sites excluding steroid dienone is 2. The third-order valence-electron chi connectivity index (χ3n) is 4.50. The van der Waals surface area contributed by atoms with Crippen LogP contribution in [0.3, 0.4) is 0 Å². The Morgan fingerprint density at radius 2 is 1.25 bits per heavy atom. The third kappa shape index (κ3) is 2.26. The van der Waals surface area contributed by atoms with Crippen LogP contribution in [0.25, 0.3) is 16.7 Å². The number of rotatable bonds is 3. The van der Waals surface area contributed by atoms with E-state index in [4.69, 9.17) is 4.74 Å². The molecule has 116 valence electrons. The Hall–Kier alpha value is -3.06. The summed E-state index contributed by atoms with van der Waals surface area (Å²) in [4.78, 5) is 0. The van der Waals surface area contributed by atoms with Crippen molar-refractivity contribution >= 4 is 16.7 Å². The molecular weight excluding hydrogens is 292 g/mol. The van der Waals surface area contributed by atoms with Crippen LogP contribution in [0, 0.1) is 0 Å². The lowest BCUT2D eigenvalue weighted by Gasteiger charge is -2.10. The van der Waals surface area contributed by atoms with E-state index in [1.807, 2.05) is 18.2 Å². The van der Waals surface area contributed by atoms with Crippen LogP contribution in [0.1, 0.15) is 22.3 Å². The SMILES string of the molecule is C=C1C(c2ccccc2)=C(c2ccccc2)c2cc(OC)ccc21. The Morgan fingerprint density at radius 1 is 0.667 bits per heavy atom. The average molecular weight is 310 g/mol. The van der Waals surface area contributed by atoms with Crippen molar-refractivity contribution in [2.45, 2.75) is 0 Å². The van der Waals surface area contributed by atoms with Crippen molar-refractivity contribution in [2.24, 2.45) is 0 Å². The number of hydrogen-bond donors (Lipinski definition) is 0. The molecule has 0 spiro atoms. The molecule has 0 unspecified atom stereocenters. The Kier molecular flexibility index (Phi) is 3.55. The average Bonchev–Trinajstić information content (AvgIpc) is 2.95. The van der Waals surface area contributed by atoms with Crippen molar-refractivity contribution < 1.29 is 4.74 Å². The Bertz CT molecular complexity index is 934. The van der Waals surface area contributed by atoms with Crippen molar-refractivity contribution in [1.29, 1.82) is 0 Å². The van der Waals surface area contributed by atoms with Crippen LogP contribution in [-0.2, 0) is 0 Å². The second kappa shape index (κ2) is 5.86. The molecule has 3 aromatic carbocycles. The standard InChI is InChI=1S/C23H18O/c1-16-20-14-13-19(24-2)15-21(20)23(18-11-7-4-8-12-18)22(16)17-9-5-3-6-10-17/h3-15H,1H2,2H3. The van der Waals surface area contributed by atoms with Gasteiger partial charge < -0.3 is 4.74 Å². The van der Waals surface area contributed by atoms with Gasteiger partial charge in [0.1, 0.15) is 5.75 Å². The summed E-state index contributed by atoms with van der Waals surface area (Å²) in [5, 5.41) is 0. The van der Waals surface area contributed by atoms with Crippen LogP contribution in [0.5, 0.6) is 5.75 Å². The van der Waals surface area contributed by atoms with E-state index in [9.17, 15) is 0 Å². The van der Waals surface area contributed by atoms with Crippen LogP contribution >= 0.6 is 0 Å². The van der Waals surface area contributed by atoms with Crippen molar-refractivity contribution in [1.82, 2.24) is 0 Å². The molecule has 1 heteroatoms. The van der Waals surface area contributed by atoms with E-state index >= 15 is 0 Å². The van der Waals surface area contributed by atoms with E-state index < -0.39 is 0 Å². The van der Waals surface area contributed by atoms with E-state index in [-0.39, 0.29) is 0 Å². The highest BCUT2D eigenvalue weighted by Gasteiger charge is 2.27. The van der Waals surface area contributed by atoms with Gasteiger partial charge in [0, 0.05) is 0 Å². The van der Waals surface area contributed by atoms with E-state index in [1.165, 1.54) is 33.4 Å². The summed E-state index contributed by atoms with van der Waals surface area (Å²) in [5.74, 6) is 0.865. The molecular formula is C23H18O. The summed E-state index contributed by atoms with van der Waals surface area (Å²) < 4.78 is 5.45. The number of hydrogen-bond acceptors (Lipinski definition) is 1. The molecule has 0 saturated heterocycles. The second-order valence-electron chi connectivity index (χ2n) is 5.87. The molecule has 0 aromatic heterocycles. The van der Waals surface area contributed by atoms with Gasteiger partial charge in [-0.25, -0.2) is 0 Å². The minimum atomic E-state index is 0.865. The highest BCUT2D eigenvalue weighted by molar-refractivity contribution is 6.24. The minimum Gasteiger partial charge on any atom is -0.497 e. The monoisotopic (exact) mass is 310 g/mol. The van der Waals surface area contributed by atoms with Crippen molar-refractivity contribution in [3.63, 3.8) is 0 Å². The van der Waals surface area contributed by atoms with Gasteiger partial charge in [0.2, 0.25) is 0 Å². The van der Waals surface area contributed by atoms with Gasteiger partial charge in [0.15, 0.2) is 0 Å². The fourth-order valence-corrected chi connectivity index (χ4v) is 3.37. The fraction of sp³-hybridized carbons (Fsp3) is 0.0435. The van der Waals surface area contributed by atoms with Gasteiger partial charge in [0.25, 0.3) is 0 Å². The maximum absolute atomic E-state index is 5.45. The summed E-state index contributed by atoms with van der Waals surface area (Å²) >= 11 is 0. The lowest BCUT2D eigenvalue weighted by atomic mass is 9.93. The Morgan fingerprint density at radius 3 is 1.83 bits per heavy atom. The highest BCUT2D eigenvalue weighted by atomic mass is 16.5. The Balaban J connectivity index is 2.03. The second-order valence-corrected chi connectivity index (χ2v) is 5.87. The number of ether oxygens (including phenoxy) is 1. The molecule has 0 aliphatic heterocycles. The van der Waals surface area contributed by atoms with E-state index in [1.54, 1.807) is 7.11 Å². The maximum atomic E-state index is 5.45. The highest BCUT2D eigenvalue weighted by Crippen LogP contribution is 2.49. The molecule has 0 bridgehead atoms. The van der Waals surface area contributed by atoms with E-state index in [0.29, 0.717) is 0 Å². The number of fused-ring (bicyclic) bond motifs is 1. The first-order chi connectivity index (χ1) is 11.8. The summed E-state index contributed by atoms with van der Waals surface area (Å²) in [6, 6.07) is 27.2. The molecule has 0 N–H and O–H groups in total. The zero-order chi connectivity index (χ0) is 16.5. The molecule has 3 aromatic rings. The minimum absolute atomic E-state index is 0.865. The fourth-order valence-electron chi connectivity index (χ4n) is 3.37. The molecule has 0 radical (unpaired) electrons. The number of methoxy groups -OCH3 is 1. The van der Waals surface area contributed by atoms with E-state index in [0.717, 1.165) is 11.3 Å². The molecule has 1 aliphatic rings. The maximum Gasteiger partial charge on any atom is 0.119 e. The number of benzene rings is 3. The first kappa shape index (κ1) is 14.5. The van der Waals surface area contributed by atoms with Crippen molar-refractivity contribution in [3.8, 4) is 5.75 Å². The molecule has 1 nitrogen and oxygen atoms in total. The van der Waals surface area contributed by atoms with E-state index in [2.05, 4.69) is 67.2 Å². The molecule has 1 aliphatic carbocycles. The summed E-state index contributed by atoms with van der Waals surface area (Å²) in [6.45, 7) is 4.39. The molecule has 4 rings (SSSR count). The quantitative estimate of drug-likeness (QED) is 0.604. The van der Waals surface area contributed by atoms with Crippen LogP contribution in [-0.4, -0.2) is 7.11 Å². The zero-order valence-corrected chi connectivity index (χ0v) is 13.6. The summed E-state index contributed by atoms with van der Waals surface area (Å²) in [6.07, 6.45) is 0. The molecule has 0 amide bonds. The van der Waals surface area contributed by atoms with Crippen molar-refractivity contribution in [2.75, 3.05) is 7.11 Å². The van der Waals surface area contributed by atoms with Gasteiger partial charge in [-0.15, -0.1) is 0 Å². The zero-order valence-electron chi connectivity index (χ0n) is 13.6. The van der Waals surface area contributed by atoms with Gasteiger partial charge in [0.05, 0.1) is 7.11 Å². The van der Waals surface area contributed by atoms with Gasteiger partial charge in [-0.2, -0.15) is 0 Å². The first-order valence-electron chi connectivity index (χ1n) is 8.03. The smallest absolute Gasteiger partial charge is 0.119 e. The lowest BCUT2D eigenvalue weighted by molar-refractivity contribution is 0.414. The van der Waals surface area contributed by atoms with Gasteiger partial charge >= 0.3 is 0 Å². The topological polar surface area (TPSA) is 9.23 Å². The lowest BCUT2D eigenvalue weighted by Crippen LogP contribution is -1.90. The first-order valence-corrected chi connectivity index (χ1v) is 8.03. The summed E-state index contributed by atoms with van der Waals surface area (Å²) in [7, 11) is 1.70. The van der Waals surface area contributed by atoms with Crippen LogP contribution in [0.15, 0.2) is 85.4 Å². The Labute approximate surface area is 142 Å². The van der Waals surface area contributed by atoms with Gasteiger partial charge in [-0.3, -0.25) is 0 Å². The van der Waals surface area contributed by atoms with Gasteiger partial charge in [-0.1, -0.05) is 73.3 Å². The van der Waals surface area contributed by atoms with Crippen molar-refractivity contribution in [3.05, 3.63) is 108 Å².